The van der Waals surface area contributed by atoms with Crippen LogP contribution in [0.3, 0.4) is 0 Å². The average molecular weight is 290 g/mol. The Morgan fingerprint density at radius 3 is 2.86 bits per heavy atom. The minimum Gasteiger partial charge on any atom is -0.382 e. The second-order valence-electron chi connectivity index (χ2n) is 6.06. The number of carbonyl (C=O) groups is 1. The molecule has 0 aliphatic carbocycles. The third-order valence-corrected chi connectivity index (χ3v) is 3.91. The molecule has 5 heteroatoms. The van der Waals surface area contributed by atoms with E-state index in [0.29, 0.717) is 11.7 Å². The van der Waals surface area contributed by atoms with Crippen LogP contribution in [-0.4, -0.2) is 39.9 Å². The van der Waals surface area contributed by atoms with Crippen LogP contribution in [-0.2, 0) is 0 Å². The predicted octanol–water partition coefficient (Wildman–Crippen LogP) is 3.05. The van der Waals surface area contributed by atoms with Gasteiger partial charge in [-0.1, -0.05) is 20.8 Å². The van der Waals surface area contributed by atoms with Gasteiger partial charge in [-0.25, -0.2) is 9.97 Å². The fourth-order valence-corrected chi connectivity index (χ4v) is 2.60. The normalized spacial score (nSPS) is 18.3. The molecule has 1 aliphatic rings. The van der Waals surface area contributed by atoms with Crippen molar-refractivity contribution in [3.05, 3.63) is 17.7 Å². The van der Waals surface area contributed by atoms with Crippen molar-refractivity contribution < 1.29 is 4.79 Å². The number of aromatic nitrogens is 2. The van der Waals surface area contributed by atoms with E-state index >= 15 is 0 Å². The summed E-state index contributed by atoms with van der Waals surface area (Å²) in [6, 6.07) is 0.300. The first kappa shape index (κ1) is 15.7. The second kappa shape index (κ2) is 6.87. The highest BCUT2D eigenvalue weighted by molar-refractivity contribution is 5.97. The Balaban J connectivity index is 2.32. The third-order valence-electron chi connectivity index (χ3n) is 3.91. The first-order valence-electron chi connectivity index (χ1n) is 7.96. The smallest absolute Gasteiger partial charge is 0.274 e. The topological polar surface area (TPSA) is 58.1 Å². The maximum atomic E-state index is 12.8. The molecule has 1 amide bonds. The average Bonchev–Trinajstić information content (AvgIpc) is 2.90. The Labute approximate surface area is 127 Å². The zero-order valence-electron chi connectivity index (χ0n) is 13.5. The van der Waals surface area contributed by atoms with Gasteiger partial charge in [0.2, 0.25) is 0 Å². The van der Waals surface area contributed by atoms with Gasteiger partial charge in [0.25, 0.3) is 5.91 Å². The van der Waals surface area contributed by atoms with Crippen LogP contribution in [0, 0.1) is 0 Å². The molecule has 1 N–H and O–H groups in total. The van der Waals surface area contributed by atoms with Gasteiger partial charge in [0.1, 0.15) is 5.82 Å². The maximum Gasteiger partial charge on any atom is 0.274 e. The number of carbonyl (C=O) groups excluding carboxylic acids is 1. The lowest BCUT2D eigenvalue weighted by Crippen LogP contribution is -2.35. The molecule has 1 atom stereocenters. The van der Waals surface area contributed by atoms with Gasteiger partial charge >= 0.3 is 0 Å². The Morgan fingerprint density at radius 2 is 2.29 bits per heavy atom. The van der Waals surface area contributed by atoms with Crippen LogP contribution in [0.5, 0.6) is 0 Å². The summed E-state index contributed by atoms with van der Waals surface area (Å²) in [5.74, 6) is 0.975. The number of hydrogen-bond donors (Lipinski definition) is 1. The number of likely N-dealkylation sites (tertiary alicyclic amines) is 1. The summed E-state index contributed by atoms with van der Waals surface area (Å²) in [5, 5.41) is 3.28. The van der Waals surface area contributed by atoms with E-state index < -0.39 is 0 Å². The van der Waals surface area contributed by atoms with Crippen molar-refractivity contribution in [1.82, 2.24) is 14.9 Å². The molecule has 1 aromatic heterocycles. The van der Waals surface area contributed by atoms with E-state index in [4.69, 9.17) is 0 Å². The van der Waals surface area contributed by atoms with E-state index in [1.165, 1.54) is 0 Å². The highest BCUT2D eigenvalue weighted by Crippen LogP contribution is 2.23. The Kier molecular flexibility index (Phi) is 5.15. The van der Waals surface area contributed by atoms with Crippen molar-refractivity contribution in [3.8, 4) is 0 Å². The lowest BCUT2D eigenvalue weighted by molar-refractivity contribution is 0.0742. The number of nitrogens with zero attached hydrogens (tertiary/aromatic N) is 3. The van der Waals surface area contributed by atoms with Crippen LogP contribution in [0.1, 0.15) is 69.2 Å². The lowest BCUT2D eigenvalue weighted by atomic mass is 10.2. The second-order valence-corrected chi connectivity index (χ2v) is 6.06. The van der Waals surface area contributed by atoms with E-state index in [0.717, 1.165) is 43.9 Å². The zero-order valence-corrected chi connectivity index (χ0v) is 13.5. The Bertz CT molecular complexity index is 501. The summed E-state index contributed by atoms with van der Waals surface area (Å²) >= 11 is 0. The zero-order chi connectivity index (χ0) is 15.4. The van der Waals surface area contributed by atoms with E-state index in [1.807, 2.05) is 18.7 Å². The van der Waals surface area contributed by atoms with Gasteiger partial charge in [0.15, 0.2) is 5.69 Å². The number of rotatable bonds is 5. The molecule has 0 aromatic carbocycles. The number of anilines is 1. The highest BCUT2D eigenvalue weighted by Gasteiger charge is 2.29. The van der Waals surface area contributed by atoms with Crippen molar-refractivity contribution in [2.24, 2.45) is 0 Å². The van der Waals surface area contributed by atoms with Crippen molar-refractivity contribution in [2.75, 3.05) is 18.4 Å². The first-order valence-corrected chi connectivity index (χ1v) is 7.96. The van der Waals surface area contributed by atoms with Gasteiger partial charge in [0.05, 0.1) is 11.9 Å². The van der Waals surface area contributed by atoms with Gasteiger partial charge < -0.3 is 10.2 Å². The number of nitrogens with one attached hydrogen (secondary N) is 1. The highest BCUT2D eigenvalue weighted by atomic mass is 16.2. The van der Waals surface area contributed by atoms with Crippen LogP contribution < -0.4 is 5.32 Å². The van der Waals surface area contributed by atoms with Gasteiger partial charge in [0, 0.05) is 25.0 Å². The monoisotopic (exact) mass is 290 g/mol. The van der Waals surface area contributed by atoms with Crippen LogP contribution in [0.15, 0.2) is 6.20 Å². The van der Waals surface area contributed by atoms with Crippen LogP contribution in [0.2, 0.25) is 0 Å². The molecule has 1 unspecified atom stereocenters. The molecular formula is C16H26N4O. The largest absolute Gasteiger partial charge is 0.382 e. The van der Waals surface area contributed by atoms with E-state index in [2.05, 4.69) is 29.1 Å². The van der Waals surface area contributed by atoms with Gasteiger partial charge in [-0.3, -0.25) is 4.79 Å². The summed E-state index contributed by atoms with van der Waals surface area (Å²) in [7, 11) is 0. The maximum absolute atomic E-state index is 12.8. The number of hydrogen-bond acceptors (Lipinski definition) is 4. The fraction of sp³-hybridized carbons (Fsp3) is 0.688. The van der Waals surface area contributed by atoms with Crippen molar-refractivity contribution in [1.29, 1.82) is 0 Å². The van der Waals surface area contributed by atoms with Crippen molar-refractivity contribution >= 4 is 11.6 Å². The molecule has 1 aliphatic heterocycles. The van der Waals surface area contributed by atoms with E-state index in [9.17, 15) is 4.79 Å². The Morgan fingerprint density at radius 1 is 1.52 bits per heavy atom. The predicted molar refractivity (Wildman–Crippen MR) is 84.6 cm³/mol. The summed E-state index contributed by atoms with van der Waals surface area (Å²) in [5.41, 5.74) is 1.28. The lowest BCUT2D eigenvalue weighted by Gasteiger charge is -2.22. The van der Waals surface area contributed by atoms with Gasteiger partial charge in [-0.05, 0) is 26.2 Å². The molecule has 1 fully saturated rings. The Hall–Kier alpha value is -1.65. The molecule has 2 rings (SSSR count). The SMILES string of the molecule is CCCNc1cnc(C(C)C)nc1C(=O)N1CCCC1C. The molecule has 0 spiro atoms. The molecule has 5 nitrogen and oxygen atoms in total. The fourth-order valence-electron chi connectivity index (χ4n) is 2.60. The molecular weight excluding hydrogens is 264 g/mol. The molecule has 1 aromatic rings. The van der Waals surface area contributed by atoms with Crippen LogP contribution in [0.25, 0.3) is 0 Å². The van der Waals surface area contributed by atoms with Crippen LogP contribution >= 0.6 is 0 Å². The molecule has 116 valence electrons. The van der Waals surface area contributed by atoms with Crippen LogP contribution in [0.4, 0.5) is 5.69 Å². The minimum absolute atomic E-state index is 0.0305. The molecule has 0 saturated carbocycles. The summed E-state index contributed by atoms with van der Waals surface area (Å²) < 4.78 is 0. The third kappa shape index (κ3) is 3.52. The van der Waals surface area contributed by atoms with E-state index in [-0.39, 0.29) is 11.8 Å². The summed E-state index contributed by atoms with van der Waals surface area (Å²) in [6.07, 6.45) is 4.91. The summed E-state index contributed by atoms with van der Waals surface area (Å²) in [4.78, 5) is 23.7. The number of amides is 1. The first-order chi connectivity index (χ1) is 10.0. The summed E-state index contributed by atoms with van der Waals surface area (Å²) in [6.45, 7) is 9.94. The molecule has 21 heavy (non-hydrogen) atoms. The minimum atomic E-state index is 0.0305. The standard InChI is InChI=1S/C16H26N4O/c1-5-8-17-13-10-18-15(11(2)3)19-14(13)16(21)20-9-6-7-12(20)4/h10-12,17H,5-9H2,1-4H3. The van der Waals surface area contributed by atoms with Gasteiger partial charge in [-0.2, -0.15) is 0 Å². The molecule has 2 heterocycles. The van der Waals surface area contributed by atoms with E-state index in [1.54, 1.807) is 6.20 Å². The van der Waals surface area contributed by atoms with Crippen molar-refractivity contribution in [2.45, 2.75) is 58.9 Å². The molecule has 0 bridgehead atoms. The quantitative estimate of drug-likeness (QED) is 0.905. The molecule has 1 saturated heterocycles. The molecule has 0 radical (unpaired) electrons. The van der Waals surface area contributed by atoms with Gasteiger partial charge in [-0.15, -0.1) is 0 Å². The van der Waals surface area contributed by atoms with Crippen molar-refractivity contribution in [3.63, 3.8) is 0 Å².